The van der Waals surface area contributed by atoms with Crippen molar-refractivity contribution in [1.82, 2.24) is 0 Å². The number of rotatable bonds is 4. The van der Waals surface area contributed by atoms with Gasteiger partial charge < -0.3 is 20.1 Å². The van der Waals surface area contributed by atoms with E-state index in [-0.39, 0.29) is 12.4 Å². The maximum Gasteiger partial charge on any atom is 0.121 e. The molecule has 3 unspecified atom stereocenters. The van der Waals surface area contributed by atoms with E-state index in [0.717, 1.165) is 17.5 Å². The van der Waals surface area contributed by atoms with Crippen molar-refractivity contribution in [1.29, 1.82) is 0 Å². The van der Waals surface area contributed by atoms with Crippen LogP contribution in [0.4, 0.5) is 0 Å². The zero-order valence-electron chi connectivity index (χ0n) is 15.3. The number of aromatic hydroxyl groups is 1. The lowest BCUT2D eigenvalue weighted by Crippen LogP contribution is -2.33. The molecule has 1 aliphatic heterocycles. The first-order valence-corrected chi connectivity index (χ1v) is 10.1. The molecule has 5 heteroatoms. The number of aryl methyl sites for hydroxylation is 1. The van der Waals surface area contributed by atoms with Gasteiger partial charge in [-0.3, -0.25) is 0 Å². The summed E-state index contributed by atoms with van der Waals surface area (Å²) in [5.41, 5.74) is 2.86. The topological polar surface area (TPSA) is 69.9 Å². The lowest BCUT2D eigenvalue weighted by Gasteiger charge is -2.33. The van der Waals surface area contributed by atoms with Crippen molar-refractivity contribution in [3.05, 3.63) is 64.0 Å². The summed E-state index contributed by atoms with van der Waals surface area (Å²) in [6, 6.07) is 14.3. The zero-order chi connectivity index (χ0) is 19.0. The second-order valence-electron chi connectivity index (χ2n) is 7.32. The van der Waals surface area contributed by atoms with Crippen LogP contribution in [0.1, 0.15) is 40.5 Å². The molecule has 3 N–H and O–H groups in total. The molecule has 0 aliphatic carbocycles. The Bertz CT molecular complexity index is 916. The minimum Gasteiger partial charge on any atom is -0.508 e. The highest BCUT2D eigenvalue weighted by Crippen LogP contribution is 2.38. The van der Waals surface area contributed by atoms with E-state index in [4.69, 9.17) is 4.74 Å². The summed E-state index contributed by atoms with van der Waals surface area (Å²) >= 11 is 1.78. The molecule has 3 atom stereocenters. The molecule has 1 aromatic heterocycles. The van der Waals surface area contributed by atoms with Crippen molar-refractivity contribution in [3.63, 3.8) is 0 Å². The van der Waals surface area contributed by atoms with Gasteiger partial charge in [0.25, 0.3) is 0 Å². The molecule has 1 fully saturated rings. The van der Waals surface area contributed by atoms with Gasteiger partial charge >= 0.3 is 0 Å². The monoisotopic (exact) mass is 384 g/mol. The second-order valence-corrected chi connectivity index (χ2v) is 8.49. The molecule has 27 heavy (non-hydrogen) atoms. The molecule has 0 radical (unpaired) electrons. The number of phenols is 1. The molecule has 3 aromatic rings. The van der Waals surface area contributed by atoms with Crippen LogP contribution in [0.2, 0.25) is 0 Å². The van der Waals surface area contributed by atoms with Gasteiger partial charge in [0.15, 0.2) is 0 Å². The van der Waals surface area contributed by atoms with Gasteiger partial charge in [-0.2, -0.15) is 0 Å². The summed E-state index contributed by atoms with van der Waals surface area (Å²) < 4.78 is 7.17. The van der Waals surface area contributed by atoms with E-state index in [1.165, 1.54) is 15.0 Å². The van der Waals surface area contributed by atoms with Gasteiger partial charge in [-0.1, -0.05) is 18.2 Å². The largest absolute Gasteiger partial charge is 0.508 e. The van der Waals surface area contributed by atoms with Crippen LogP contribution in [0, 0.1) is 6.92 Å². The van der Waals surface area contributed by atoms with Gasteiger partial charge in [-0.25, -0.2) is 0 Å². The number of phenolic OH excluding ortho intramolecular Hbond substituents is 1. The van der Waals surface area contributed by atoms with E-state index < -0.39 is 18.3 Å². The van der Waals surface area contributed by atoms with E-state index in [1.54, 1.807) is 17.4 Å². The van der Waals surface area contributed by atoms with Crippen molar-refractivity contribution in [2.45, 2.75) is 44.5 Å². The maximum atomic E-state index is 10.5. The van der Waals surface area contributed by atoms with E-state index in [9.17, 15) is 15.3 Å². The van der Waals surface area contributed by atoms with Crippen molar-refractivity contribution >= 4 is 21.4 Å². The fraction of sp³-hybridized carbons (Fsp3) is 0.364. The van der Waals surface area contributed by atoms with E-state index in [2.05, 4.69) is 24.3 Å². The van der Waals surface area contributed by atoms with Gasteiger partial charge in [-0.15, -0.1) is 11.3 Å². The standard InChI is InChI=1S/C22H24O4S/c1-13-6-20(25)19(21-11-16(24)10-17(12-23)26-21)9-15(13)8-18-7-14-4-2-3-5-22(14)27-18/h2-7,9,16-17,21,23-25H,8,10-12H2,1H3. The molecule has 0 amide bonds. The first-order valence-electron chi connectivity index (χ1n) is 9.27. The number of hydrogen-bond donors (Lipinski definition) is 3. The SMILES string of the molecule is Cc1cc(O)c(C2CC(O)CC(CO)O2)cc1Cc1cc2ccccc2s1. The number of benzene rings is 2. The van der Waals surface area contributed by atoms with Gasteiger partial charge in [0.2, 0.25) is 0 Å². The second kappa shape index (κ2) is 7.60. The van der Waals surface area contributed by atoms with Crippen LogP contribution in [-0.2, 0) is 11.2 Å². The number of ether oxygens (including phenoxy) is 1. The quantitative estimate of drug-likeness (QED) is 0.634. The van der Waals surface area contributed by atoms with Crippen LogP contribution in [0.3, 0.4) is 0 Å². The average Bonchev–Trinajstić information content (AvgIpc) is 3.05. The number of fused-ring (bicyclic) bond motifs is 1. The van der Waals surface area contributed by atoms with Crippen LogP contribution in [-0.4, -0.2) is 34.1 Å². The minimum atomic E-state index is -0.535. The van der Waals surface area contributed by atoms with Crippen LogP contribution in [0.15, 0.2) is 42.5 Å². The third kappa shape index (κ3) is 3.87. The van der Waals surface area contributed by atoms with Crippen LogP contribution in [0.25, 0.3) is 10.1 Å². The highest BCUT2D eigenvalue weighted by atomic mass is 32.1. The summed E-state index contributed by atoms with van der Waals surface area (Å²) in [6.45, 7) is 1.87. The Balaban J connectivity index is 1.64. The Morgan fingerprint density at radius 3 is 2.74 bits per heavy atom. The van der Waals surface area contributed by atoms with Gasteiger partial charge in [-0.05, 0) is 47.7 Å². The van der Waals surface area contributed by atoms with Crippen LogP contribution < -0.4 is 0 Å². The first kappa shape index (κ1) is 18.4. The third-order valence-electron chi connectivity index (χ3n) is 5.25. The van der Waals surface area contributed by atoms with E-state index in [0.29, 0.717) is 18.4 Å². The molecule has 2 aromatic carbocycles. The van der Waals surface area contributed by atoms with Crippen molar-refractivity contribution in [2.75, 3.05) is 6.61 Å². The molecule has 2 heterocycles. The Morgan fingerprint density at radius 1 is 1.15 bits per heavy atom. The lowest BCUT2D eigenvalue weighted by molar-refractivity contribution is -0.114. The van der Waals surface area contributed by atoms with Gasteiger partial charge in [0, 0.05) is 34.4 Å². The van der Waals surface area contributed by atoms with Crippen molar-refractivity contribution in [2.24, 2.45) is 0 Å². The maximum absolute atomic E-state index is 10.5. The van der Waals surface area contributed by atoms with E-state index >= 15 is 0 Å². The number of thiophene rings is 1. The highest BCUT2D eigenvalue weighted by Gasteiger charge is 2.30. The lowest BCUT2D eigenvalue weighted by atomic mass is 9.92. The summed E-state index contributed by atoms with van der Waals surface area (Å²) in [5, 5.41) is 31.2. The molecular formula is C22H24O4S. The van der Waals surface area contributed by atoms with Crippen LogP contribution in [0.5, 0.6) is 5.75 Å². The molecule has 0 spiro atoms. The molecule has 1 saturated heterocycles. The van der Waals surface area contributed by atoms with E-state index in [1.807, 2.05) is 19.1 Å². The summed E-state index contributed by atoms with van der Waals surface area (Å²) in [7, 11) is 0. The fourth-order valence-corrected chi connectivity index (χ4v) is 4.91. The Kier molecular flexibility index (Phi) is 5.19. The predicted molar refractivity (Wildman–Crippen MR) is 107 cm³/mol. The smallest absolute Gasteiger partial charge is 0.121 e. The summed E-state index contributed by atoms with van der Waals surface area (Å²) in [5.74, 6) is 0.184. The van der Waals surface area contributed by atoms with Crippen molar-refractivity contribution in [3.8, 4) is 5.75 Å². The van der Waals surface area contributed by atoms with Crippen molar-refractivity contribution < 1.29 is 20.1 Å². The average molecular weight is 384 g/mol. The van der Waals surface area contributed by atoms with Gasteiger partial charge in [0.05, 0.1) is 24.9 Å². The minimum absolute atomic E-state index is 0.130. The molecule has 0 bridgehead atoms. The molecule has 1 aliphatic rings. The number of aliphatic hydroxyl groups is 2. The van der Waals surface area contributed by atoms with Gasteiger partial charge in [0.1, 0.15) is 5.75 Å². The normalized spacial score (nSPS) is 23.0. The van der Waals surface area contributed by atoms with Crippen LogP contribution >= 0.6 is 11.3 Å². The predicted octanol–water partition coefficient (Wildman–Crippen LogP) is 4.08. The Morgan fingerprint density at radius 2 is 1.96 bits per heavy atom. The molecule has 142 valence electrons. The number of aliphatic hydroxyl groups excluding tert-OH is 2. The Labute approximate surface area is 162 Å². The molecule has 4 nitrogen and oxygen atoms in total. The molecular weight excluding hydrogens is 360 g/mol. The summed E-state index contributed by atoms with van der Waals surface area (Å²) in [6.07, 6.45) is 0.298. The molecule has 4 rings (SSSR count). The first-order chi connectivity index (χ1) is 13.0. The third-order valence-corrected chi connectivity index (χ3v) is 6.37. The zero-order valence-corrected chi connectivity index (χ0v) is 16.1. The highest BCUT2D eigenvalue weighted by molar-refractivity contribution is 7.19. The fourth-order valence-electron chi connectivity index (χ4n) is 3.82. The number of hydrogen-bond acceptors (Lipinski definition) is 5. The molecule has 0 saturated carbocycles. The summed E-state index contributed by atoms with van der Waals surface area (Å²) in [4.78, 5) is 1.27. The Hall–Kier alpha value is -1.92.